The van der Waals surface area contributed by atoms with Crippen molar-refractivity contribution in [3.8, 4) is 5.75 Å². The summed E-state index contributed by atoms with van der Waals surface area (Å²) in [6.07, 6.45) is 9.50. The molecular weight excluding hydrogens is 246 g/mol. The van der Waals surface area contributed by atoms with Gasteiger partial charge in [-0.15, -0.1) is 0 Å². The van der Waals surface area contributed by atoms with E-state index in [1.807, 2.05) is 12.2 Å². The number of nitrogens with zero attached hydrogens (tertiary/aromatic N) is 1. The van der Waals surface area contributed by atoms with Crippen LogP contribution in [-0.2, 0) is 12.8 Å². The van der Waals surface area contributed by atoms with Crippen LogP contribution in [0, 0.1) is 0 Å². The Morgan fingerprint density at radius 1 is 1.35 bits per heavy atom. The summed E-state index contributed by atoms with van der Waals surface area (Å²) in [7, 11) is 0. The van der Waals surface area contributed by atoms with Crippen LogP contribution in [0.25, 0.3) is 6.08 Å². The predicted octanol–water partition coefficient (Wildman–Crippen LogP) is 4.07. The fourth-order valence-corrected chi connectivity index (χ4v) is 3.32. The monoisotopic (exact) mass is 269 g/mol. The summed E-state index contributed by atoms with van der Waals surface area (Å²) in [5.41, 5.74) is 5.95. The normalized spacial score (nSPS) is 17.4. The predicted molar refractivity (Wildman–Crippen MR) is 85.4 cm³/mol. The number of aromatic hydroxyl groups is 1. The van der Waals surface area contributed by atoms with E-state index in [1.54, 1.807) is 0 Å². The molecular formula is C18H23NO. The van der Waals surface area contributed by atoms with E-state index in [2.05, 4.69) is 24.5 Å². The van der Waals surface area contributed by atoms with Crippen molar-refractivity contribution < 1.29 is 5.11 Å². The molecule has 0 fully saturated rings. The van der Waals surface area contributed by atoms with Crippen LogP contribution in [0.2, 0.25) is 0 Å². The Bertz CT molecular complexity index is 569. The van der Waals surface area contributed by atoms with Crippen LogP contribution in [-0.4, -0.2) is 18.2 Å². The number of phenols is 1. The molecule has 0 atom stereocenters. The van der Waals surface area contributed by atoms with Crippen molar-refractivity contribution in [1.29, 1.82) is 0 Å². The molecule has 0 spiro atoms. The number of aryl methyl sites for hydroxylation is 1. The molecule has 2 aliphatic heterocycles. The number of hydrogen-bond acceptors (Lipinski definition) is 2. The third-order valence-corrected chi connectivity index (χ3v) is 4.48. The second kappa shape index (κ2) is 5.35. The van der Waals surface area contributed by atoms with E-state index in [9.17, 15) is 5.11 Å². The molecule has 2 aliphatic rings. The van der Waals surface area contributed by atoms with E-state index in [0.717, 1.165) is 55.5 Å². The molecule has 2 nitrogen and oxygen atoms in total. The van der Waals surface area contributed by atoms with Gasteiger partial charge >= 0.3 is 0 Å². The van der Waals surface area contributed by atoms with Gasteiger partial charge in [0.1, 0.15) is 5.75 Å². The average molecular weight is 269 g/mol. The van der Waals surface area contributed by atoms with E-state index in [4.69, 9.17) is 0 Å². The van der Waals surface area contributed by atoms with Gasteiger partial charge in [-0.25, -0.2) is 0 Å². The summed E-state index contributed by atoms with van der Waals surface area (Å²) in [4.78, 5) is 2.45. The quantitative estimate of drug-likeness (QED) is 0.836. The van der Waals surface area contributed by atoms with Crippen LogP contribution in [0.15, 0.2) is 24.3 Å². The van der Waals surface area contributed by atoms with Gasteiger partial charge in [0.25, 0.3) is 0 Å². The third-order valence-electron chi connectivity index (χ3n) is 4.48. The molecule has 2 heterocycles. The van der Waals surface area contributed by atoms with E-state index < -0.39 is 0 Å². The first-order valence-corrected chi connectivity index (χ1v) is 7.69. The van der Waals surface area contributed by atoms with E-state index in [0.29, 0.717) is 5.75 Å². The Balaban J connectivity index is 2.05. The minimum Gasteiger partial charge on any atom is -0.507 e. The van der Waals surface area contributed by atoms with Gasteiger partial charge < -0.3 is 10.0 Å². The fourth-order valence-electron chi connectivity index (χ4n) is 3.32. The van der Waals surface area contributed by atoms with Crippen LogP contribution in [0.4, 0.5) is 5.69 Å². The highest BCUT2D eigenvalue weighted by Gasteiger charge is 2.26. The van der Waals surface area contributed by atoms with E-state index >= 15 is 0 Å². The molecule has 0 aliphatic carbocycles. The van der Waals surface area contributed by atoms with Gasteiger partial charge in [0.15, 0.2) is 0 Å². The summed E-state index contributed by atoms with van der Waals surface area (Å²) < 4.78 is 0. The number of benzene rings is 1. The first kappa shape index (κ1) is 13.3. The molecule has 0 saturated heterocycles. The molecule has 2 heteroatoms. The van der Waals surface area contributed by atoms with Crippen molar-refractivity contribution in [3.05, 3.63) is 41.0 Å². The highest BCUT2D eigenvalue weighted by Crippen LogP contribution is 2.42. The van der Waals surface area contributed by atoms with Crippen molar-refractivity contribution >= 4 is 11.8 Å². The van der Waals surface area contributed by atoms with Crippen LogP contribution in [0.5, 0.6) is 5.75 Å². The number of phenolic OH excluding ortho intramolecular Hbond substituents is 1. The van der Waals surface area contributed by atoms with E-state index in [-0.39, 0.29) is 0 Å². The molecule has 0 aromatic heterocycles. The van der Waals surface area contributed by atoms with Gasteiger partial charge in [-0.1, -0.05) is 31.2 Å². The maximum absolute atomic E-state index is 10.6. The van der Waals surface area contributed by atoms with Crippen LogP contribution in [0.1, 0.15) is 42.9 Å². The Morgan fingerprint density at radius 2 is 2.10 bits per heavy atom. The molecule has 106 valence electrons. The Kier molecular flexibility index (Phi) is 3.56. The number of hydrogen-bond donors (Lipinski definition) is 1. The number of anilines is 1. The summed E-state index contributed by atoms with van der Waals surface area (Å²) in [6, 6.07) is 2.17. The lowest BCUT2D eigenvalue weighted by atomic mass is 9.89. The number of allylic oxidation sites excluding steroid dienone is 2. The lowest BCUT2D eigenvalue weighted by molar-refractivity contribution is 0.461. The second-order valence-electron chi connectivity index (χ2n) is 5.84. The van der Waals surface area contributed by atoms with Gasteiger partial charge in [-0.05, 0) is 43.7 Å². The van der Waals surface area contributed by atoms with Crippen LogP contribution in [0.3, 0.4) is 0 Å². The lowest BCUT2D eigenvalue weighted by Gasteiger charge is -2.37. The smallest absolute Gasteiger partial charge is 0.128 e. The maximum atomic E-state index is 10.6. The van der Waals surface area contributed by atoms with Gasteiger partial charge in [-0.3, -0.25) is 0 Å². The zero-order valence-corrected chi connectivity index (χ0v) is 12.3. The highest BCUT2D eigenvalue weighted by molar-refractivity contribution is 5.74. The van der Waals surface area contributed by atoms with Crippen molar-refractivity contribution in [1.82, 2.24) is 0 Å². The fraction of sp³-hybridized carbons (Fsp3) is 0.444. The molecule has 1 N–H and O–H groups in total. The van der Waals surface area contributed by atoms with Crippen molar-refractivity contribution in [2.45, 2.75) is 39.0 Å². The molecule has 1 aromatic rings. The van der Waals surface area contributed by atoms with Crippen LogP contribution < -0.4 is 4.90 Å². The Morgan fingerprint density at radius 3 is 2.85 bits per heavy atom. The van der Waals surface area contributed by atoms with E-state index in [1.165, 1.54) is 17.7 Å². The molecule has 0 unspecified atom stereocenters. The first-order chi connectivity index (χ1) is 9.70. The Hall–Kier alpha value is -1.70. The molecule has 3 rings (SSSR count). The molecule has 0 amide bonds. The minimum absolute atomic E-state index is 0.482. The Labute approximate surface area is 121 Å². The van der Waals surface area contributed by atoms with Gasteiger partial charge in [-0.2, -0.15) is 0 Å². The van der Waals surface area contributed by atoms with Gasteiger partial charge in [0.05, 0.1) is 0 Å². The zero-order valence-electron chi connectivity index (χ0n) is 12.3. The standard InChI is InChI=1S/C18H23NO/c1-3-13(2)8-9-15-12-14-6-4-10-19-11-5-7-16(17(14)19)18(15)20/h8-9,12,20H,2-7,10-11H2,1H3. The highest BCUT2D eigenvalue weighted by atomic mass is 16.3. The van der Waals surface area contributed by atoms with Crippen LogP contribution >= 0.6 is 0 Å². The number of rotatable bonds is 3. The summed E-state index contributed by atoms with van der Waals surface area (Å²) >= 11 is 0. The first-order valence-electron chi connectivity index (χ1n) is 7.69. The van der Waals surface area contributed by atoms with Crippen molar-refractivity contribution in [2.24, 2.45) is 0 Å². The molecule has 0 radical (unpaired) electrons. The lowest BCUT2D eigenvalue weighted by Crippen LogP contribution is -2.34. The van der Waals surface area contributed by atoms with Crippen molar-refractivity contribution in [2.75, 3.05) is 18.0 Å². The maximum Gasteiger partial charge on any atom is 0.128 e. The largest absolute Gasteiger partial charge is 0.507 e. The molecule has 0 bridgehead atoms. The van der Waals surface area contributed by atoms with Gasteiger partial charge in [0, 0.05) is 29.9 Å². The second-order valence-corrected chi connectivity index (χ2v) is 5.84. The minimum atomic E-state index is 0.482. The summed E-state index contributed by atoms with van der Waals surface area (Å²) in [6.45, 7) is 8.37. The SMILES string of the molecule is C=C(C=Cc1cc2c3c(c1O)CCCN3CCC2)CC. The van der Waals surface area contributed by atoms with Gasteiger partial charge in [0.2, 0.25) is 0 Å². The summed E-state index contributed by atoms with van der Waals surface area (Å²) in [5.74, 6) is 0.482. The average Bonchev–Trinajstić information content (AvgIpc) is 2.49. The molecule has 1 aromatic carbocycles. The molecule has 0 saturated carbocycles. The molecule has 20 heavy (non-hydrogen) atoms. The van der Waals surface area contributed by atoms with Crippen molar-refractivity contribution in [3.63, 3.8) is 0 Å². The summed E-state index contributed by atoms with van der Waals surface area (Å²) in [5, 5.41) is 10.6. The topological polar surface area (TPSA) is 23.5 Å². The zero-order chi connectivity index (χ0) is 14.1. The third kappa shape index (κ3) is 2.24.